The lowest BCUT2D eigenvalue weighted by atomic mass is 9.84. The first-order valence-electron chi connectivity index (χ1n) is 18.5. The molecular formula is C40H44N6O6. The van der Waals surface area contributed by atoms with Crippen molar-refractivity contribution in [3.63, 3.8) is 0 Å². The number of carbonyl (C=O) groups excluding carboxylic acids is 2. The van der Waals surface area contributed by atoms with Gasteiger partial charge in [-0.25, -0.2) is 19.0 Å². The first-order valence-corrected chi connectivity index (χ1v) is 18.5. The van der Waals surface area contributed by atoms with Gasteiger partial charge in [0.15, 0.2) is 0 Å². The third-order valence-electron chi connectivity index (χ3n) is 12.1. The highest BCUT2D eigenvalue weighted by Gasteiger charge is 2.62. The summed E-state index contributed by atoms with van der Waals surface area (Å²) in [5, 5.41) is 18.0. The number of allylic oxidation sites excluding steroid dienone is 4. The van der Waals surface area contributed by atoms with E-state index < -0.39 is 0 Å². The van der Waals surface area contributed by atoms with Gasteiger partial charge in [-0.3, -0.25) is 0 Å². The maximum absolute atomic E-state index is 12.4. The fourth-order valence-corrected chi connectivity index (χ4v) is 8.80. The van der Waals surface area contributed by atoms with Gasteiger partial charge in [-0.05, 0) is 71.3 Å². The quantitative estimate of drug-likeness (QED) is 0.136. The Morgan fingerprint density at radius 3 is 1.67 bits per heavy atom. The minimum absolute atomic E-state index is 0.0400. The molecule has 4 aliphatic heterocycles. The van der Waals surface area contributed by atoms with E-state index in [4.69, 9.17) is 18.9 Å². The van der Waals surface area contributed by atoms with Crippen LogP contribution in [-0.4, -0.2) is 77.5 Å². The Kier molecular flexibility index (Phi) is 7.96. The zero-order valence-corrected chi connectivity index (χ0v) is 29.7. The molecule has 52 heavy (non-hydrogen) atoms. The van der Waals surface area contributed by atoms with E-state index in [0.29, 0.717) is 24.2 Å². The summed E-state index contributed by atoms with van der Waals surface area (Å²) in [5.74, 6) is -0.678. The second-order valence-electron chi connectivity index (χ2n) is 15.8. The molecule has 0 amide bonds. The highest BCUT2D eigenvalue weighted by Crippen LogP contribution is 2.51. The molecule has 0 N–H and O–H groups in total. The van der Waals surface area contributed by atoms with E-state index in [9.17, 15) is 9.59 Å². The Morgan fingerprint density at radius 2 is 1.21 bits per heavy atom. The largest absolute Gasteiger partial charge is 0.455 e. The molecule has 270 valence electrons. The number of epoxide rings is 2. The van der Waals surface area contributed by atoms with Crippen LogP contribution in [0.2, 0.25) is 0 Å². The summed E-state index contributed by atoms with van der Waals surface area (Å²) in [4.78, 5) is 24.8. The maximum Gasteiger partial charge on any atom is 0.334 e. The Hall–Kier alpha value is -4.68. The van der Waals surface area contributed by atoms with Gasteiger partial charge in [-0.2, -0.15) is 0 Å². The van der Waals surface area contributed by atoms with Crippen molar-refractivity contribution in [3.05, 3.63) is 84.3 Å². The minimum Gasteiger partial charge on any atom is -0.455 e. The van der Waals surface area contributed by atoms with Crippen molar-refractivity contribution in [3.8, 4) is 22.5 Å². The van der Waals surface area contributed by atoms with Gasteiger partial charge in [0, 0.05) is 34.1 Å². The van der Waals surface area contributed by atoms with Crippen molar-refractivity contribution < 1.29 is 28.5 Å². The lowest BCUT2D eigenvalue weighted by Gasteiger charge is -2.20. The van der Waals surface area contributed by atoms with Crippen LogP contribution in [0, 0.1) is 11.8 Å². The highest BCUT2D eigenvalue weighted by molar-refractivity contribution is 5.91. The molecule has 0 spiro atoms. The van der Waals surface area contributed by atoms with Crippen LogP contribution in [-0.2, 0) is 41.6 Å². The third kappa shape index (κ3) is 6.05. The number of ether oxygens (including phenoxy) is 4. The van der Waals surface area contributed by atoms with E-state index in [0.717, 1.165) is 73.9 Å². The summed E-state index contributed by atoms with van der Waals surface area (Å²) in [5.41, 5.74) is 6.49. The first-order chi connectivity index (χ1) is 25.1. The molecule has 3 aromatic rings. The van der Waals surface area contributed by atoms with Crippen molar-refractivity contribution in [2.75, 3.05) is 0 Å². The predicted molar refractivity (Wildman–Crippen MR) is 189 cm³/mol. The molecule has 9 rings (SSSR count). The zero-order chi connectivity index (χ0) is 35.8. The minimum atomic E-state index is -0.299. The molecule has 0 radical (unpaired) electrons. The number of nitrogens with zero attached hydrogens (tertiary/aromatic N) is 6. The molecule has 4 saturated heterocycles. The van der Waals surface area contributed by atoms with Crippen LogP contribution in [0.5, 0.6) is 0 Å². The lowest BCUT2D eigenvalue weighted by molar-refractivity contribution is -0.140. The molecule has 2 aromatic heterocycles. The highest BCUT2D eigenvalue weighted by atomic mass is 16.7. The van der Waals surface area contributed by atoms with Gasteiger partial charge < -0.3 is 18.9 Å². The number of hydrogen-bond acceptors (Lipinski definition) is 10. The predicted octanol–water partition coefficient (Wildman–Crippen LogP) is 5.72. The van der Waals surface area contributed by atoms with Crippen molar-refractivity contribution in [2.45, 2.75) is 114 Å². The number of rotatable bonds is 6. The Morgan fingerprint density at radius 1 is 0.750 bits per heavy atom. The van der Waals surface area contributed by atoms with Crippen LogP contribution < -0.4 is 0 Å². The van der Waals surface area contributed by atoms with Crippen molar-refractivity contribution in [1.82, 2.24) is 30.0 Å². The Labute approximate surface area is 302 Å². The number of fused-ring (bicyclic) bond motifs is 6. The monoisotopic (exact) mass is 704 g/mol. The molecule has 2 aliphatic carbocycles. The standard InChI is InChI=1S/C40H44N6O6/c1-23-29-14-12-25(8-6-16-39(3)35(51-39)33(29)49-37(23)47)19-45-21-31(41-43-45)27-10-5-11-28(18-27)32-22-46(44-42-32)20-26-9-7-17-40(4)36(52-40)34-30(15-13-26)24(2)38(48)50-34/h5,8-11,18,21-22,29-30,33-36H,1-2,6-7,12-17,19-20H2,3-4H3/b25-8+,26-9+/t29-,30-,33-,34-,35-,36-,39+,40+/m0/s1. The number of carbonyl (C=O) groups is 2. The van der Waals surface area contributed by atoms with Crippen LogP contribution >= 0.6 is 0 Å². The lowest BCUT2D eigenvalue weighted by Crippen LogP contribution is -2.29. The molecule has 6 aliphatic rings. The summed E-state index contributed by atoms with van der Waals surface area (Å²) in [6.07, 6.45) is 14.6. The van der Waals surface area contributed by atoms with E-state index in [2.05, 4.69) is 65.8 Å². The number of benzene rings is 1. The maximum atomic E-state index is 12.4. The molecule has 8 atom stereocenters. The molecule has 1 aromatic carbocycles. The van der Waals surface area contributed by atoms with Gasteiger partial charge in [0.1, 0.15) is 35.8 Å². The molecule has 12 heteroatoms. The SMILES string of the molecule is C=C1C(=O)O[C@H]2[C@H]1CC/C(Cn1cc(-c3cccc(-c4cn(C/C5=C/CC[C@@]6(C)O[C@H]6[C@H]6OC(=O)C(=C)[C@@H]6CC5)nn4)c3)nn1)=C\CC[C@@]1(C)O[C@@H]21. The van der Waals surface area contributed by atoms with E-state index in [1.54, 1.807) is 0 Å². The van der Waals surface area contributed by atoms with Gasteiger partial charge in [0.05, 0.1) is 36.7 Å². The van der Waals surface area contributed by atoms with Crippen molar-refractivity contribution in [1.29, 1.82) is 0 Å². The average molecular weight is 705 g/mol. The van der Waals surface area contributed by atoms with Gasteiger partial charge >= 0.3 is 11.9 Å². The molecular weight excluding hydrogens is 660 g/mol. The summed E-state index contributed by atoms with van der Waals surface area (Å²) >= 11 is 0. The second kappa shape index (κ2) is 12.5. The topological polar surface area (TPSA) is 139 Å². The van der Waals surface area contributed by atoms with E-state index >= 15 is 0 Å². The summed E-state index contributed by atoms with van der Waals surface area (Å²) in [7, 11) is 0. The van der Waals surface area contributed by atoms with Crippen LogP contribution in [0.1, 0.15) is 65.2 Å². The van der Waals surface area contributed by atoms with Crippen LogP contribution in [0.3, 0.4) is 0 Å². The van der Waals surface area contributed by atoms with Gasteiger partial charge in [-0.1, -0.05) is 65.1 Å². The Balaban J connectivity index is 0.868. The molecule has 0 unspecified atom stereocenters. The van der Waals surface area contributed by atoms with Gasteiger partial charge in [0.25, 0.3) is 0 Å². The smallest absolute Gasteiger partial charge is 0.334 e. The summed E-state index contributed by atoms with van der Waals surface area (Å²) in [6, 6.07) is 8.12. The normalized spacial score (nSPS) is 36.2. The van der Waals surface area contributed by atoms with Crippen molar-refractivity contribution in [2.24, 2.45) is 11.8 Å². The Bertz CT molecular complexity index is 1910. The van der Waals surface area contributed by atoms with Gasteiger partial charge in [0.2, 0.25) is 0 Å². The fraction of sp³-hybridized carbons (Fsp3) is 0.500. The molecule has 6 heterocycles. The summed E-state index contributed by atoms with van der Waals surface area (Å²) in [6.45, 7) is 13.5. The van der Waals surface area contributed by atoms with E-state index in [1.165, 1.54) is 11.1 Å². The first kappa shape index (κ1) is 33.2. The average Bonchev–Trinajstić information content (AvgIpc) is 3.58. The molecule has 0 saturated carbocycles. The van der Waals surface area contributed by atoms with Crippen molar-refractivity contribution >= 4 is 11.9 Å². The number of aromatic nitrogens is 6. The molecule has 12 nitrogen and oxygen atoms in total. The molecule has 4 fully saturated rings. The summed E-state index contributed by atoms with van der Waals surface area (Å²) < 4.78 is 27.3. The number of hydrogen-bond donors (Lipinski definition) is 0. The van der Waals surface area contributed by atoms with E-state index in [-0.39, 0.29) is 59.4 Å². The zero-order valence-electron chi connectivity index (χ0n) is 29.7. The van der Waals surface area contributed by atoms with Crippen LogP contribution in [0.4, 0.5) is 0 Å². The van der Waals surface area contributed by atoms with Crippen LogP contribution in [0.15, 0.2) is 84.3 Å². The van der Waals surface area contributed by atoms with Gasteiger partial charge in [-0.15, -0.1) is 10.2 Å². The fourth-order valence-electron chi connectivity index (χ4n) is 8.80. The van der Waals surface area contributed by atoms with E-state index in [1.807, 2.05) is 40.0 Å². The third-order valence-corrected chi connectivity index (χ3v) is 12.1. The number of esters is 2. The second-order valence-corrected chi connectivity index (χ2v) is 15.8. The van der Waals surface area contributed by atoms with Crippen LogP contribution in [0.25, 0.3) is 22.5 Å². The molecule has 0 bridgehead atoms.